The van der Waals surface area contributed by atoms with Gasteiger partial charge in [-0.05, 0) is 37.7 Å². The van der Waals surface area contributed by atoms with Crippen LogP contribution in [0.1, 0.15) is 34.6 Å². The van der Waals surface area contributed by atoms with Gasteiger partial charge in [-0.2, -0.15) is 0 Å². The molecule has 1 amide bonds. The van der Waals surface area contributed by atoms with Crippen molar-refractivity contribution < 1.29 is 4.79 Å². The number of amides is 1. The van der Waals surface area contributed by atoms with Crippen molar-refractivity contribution in [3.8, 4) is 0 Å². The molecule has 1 aliphatic rings. The van der Waals surface area contributed by atoms with Crippen LogP contribution in [-0.2, 0) is 0 Å². The van der Waals surface area contributed by atoms with Crippen molar-refractivity contribution in [1.82, 2.24) is 14.5 Å². The van der Waals surface area contributed by atoms with Crippen molar-refractivity contribution in [2.24, 2.45) is 0 Å². The molecule has 0 bridgehead atoms. The summed E-state index contributed by atoms with van der Waals surface area (Å²) in [5.41, 5.74) is 0.717. The highest BCUT2D eigenvalue weighted by Gasteiger charge is 2.28. The van der Waals surface area contributed by atoms with E-state index in [4.69, 9.17) is 11.6 Å². The molecule has 1 atom stereocenters. The molecular weight excluding hydrogens is 246 g/mol. The van der Waals surface area contributed by atoms with Crippen molar-refractivity contribution in [2.45, 2.75) is 32.2 Å². The predicted octanol–water partition coefficient (Wildman–Crippen LogP) is 2.08. The van der Waals surface area contributed by atoms with E-state index in [9.17, 15) is 4.79 Å². The van der Waals surface area contributed by atoms with E-state index in [1.165, 1.54) is 11.5 Å². The van der Waals surface area contributed by atoms with Crippen molar-refractivity contribution >= 4 is 29.0 Å². The van der Waals surface area contributed by atoms with Gasteiger partial charge < -0.3 is 4.90 Å². The Kier molecular flexibility index (Phi) is 3.76. The summed E-state index contributed by atoms with van der Waals surface area (Å²) in [6.45, 7) is 2.62. The van der Waals surface area contributed by atoms with Crippen LogP contribution < -0.4 is 0 Å². The standard InChI is InChI=1S/C10H14ClN3OS/c1-7-9(16-13-12-7)10(15)14-5-3-2-4-8(14)6-11/h8H,2-6H2,1H3. The van der Waals surface area contributed by atoms with E-state index in [2.05, 4.69) is 9.59 Å². The van der Waals surface area contributed by atoms with Gasteiger partial charge >= 0.3 is 0 Å². The average Bonchev–Trinajstić information content (AvgIpc) is 2.74. The molecule has 1 fully saturated rings. The number of carbonyl (C=O) groups excluding carboxylic acids is 1. The first kappa shape index (κ1) is 11.8. The van der Waals surface area contributed by atoms with Gasteiger partial charge in [0.15, 0.2) is 0 Å². The molecular formula is C10H14ClN3OS. The summed E-state index contributed by atoms with van der Waals surface area (Å²) in [6.07, 6.45) is 3.21. The summed E-state index contributed by atoms with van der Waals surface area (Å²) >= 11 is 7.07. The van der Waals surface area contributed by atoms with Crippen LogP contribution >= 0.6 is 23.1 Å². The lowest BCUT2D eigenvalue weighted by Crippen LogP contribution is -2.44. The Bertz CT molecular complexity index is 382. The Labute approximate surface area is 104 Å². The summed E-state index contributed by atoms with van der Waals surface area (Å²) in [4.78, 5) is 14.8. The summed E-state index contributed by atoms with van der Waals surface area (Å²) in [5, 5.41) is 3.87. The number of aryl methyl sites for hydroxylation is 1. The minimum atomic E-state index is 0.0397. The number of hydrogen-bond acceptors (Lipinski definition) is 4. The Hall–Kier alpha value is -0.680. The summed E-state index contributed by atoms with van der Waals surface area (Å²) < 4.78 is 3.80. The molecule has 1 unspecified atom stereocenters. The van der Waals surface area contributed by atoms with E-state index in [1.807, 2.05) is 11.8 Å². The van der Waals surface area contributed by atoms with Crippen LogP contribution in [0.5, 0.6) is 0 Å². The van der Waals surface area contributed by atoms with Gasteiger partial charge in [0.25, 0.3) is 5.91 Å². The third-order valence-corrected chi connectivity index (χ3v) is 4.08. The smallest absolute Gasteiger partial charge is 0.267 e. The molecule has 0 radical (unpaired) electrons. The Morgan fingerprint density at radius 3 is 3.06 bits per heavy atom. The van der Waals surface area contributed by atoms with Crippen LogP contribution in [0.15, 0.2) is 0 Å². The van der Waals surface area contributed by atoms with Crippen molar-refractivity contribution in [3.63, 3.8) is 0 Å². The second-order valence-electron chi connectivity index (χ2n) is 3.99. The molecule has 1 aromatic heterocycles. The number of piperidine rings is 1. The number of nitrogens with zero attached hydrogens (tertiary/aromatic N) is 3. The van der Waals surface area contributed by atoms with E-state index in [0.717, 1.165) is 25.8 Å². The quantitative estimate of drug-likeness (QED) is 0.764. The minimum absolute atomic E-state index is 0.0397. The molecule has 1 aromatic rings. The average molecular weight is 260 g/mol. The first-order chi connectivity index (χ1) is 7.74. The van der Waals surface area contributed by atoms with Gasteiger partial charge in [-0.3, -0.25) is 4.79 Å². The van der Waals surface area contributed by atoms with Gasteiger partial charge in [-0.25, -0.2) is 0 Å². The van der Waals surface area contributed by atoms with E-state index < -0.39 is 0 Å². The second kappa shape index (κ2) is 5.10. The lowest BCUT2D eigenvalue weighted by atomic mass is 10.0. The van der Waals surface area contributed by atoms with E-state index in [-0.39, 0.29) is 11.9 Å². The highest BCUT2D eigenvalue weighted by atomic mass is 35.5. The molecule has 16 heavy (non-hydrogen) atoms. The highest BCUT2D eigenvalue weighted by molar-refractivity contribution is 7.07. The van der Waals surface area contributed by atoms with Gasteiger partial charge in [0.2, 0.25) is 0 Å². The largest absolute Gasteiger partial charge is 0.334 e. The number of likely N-dealkylation sites (tertiary alicyclic amines) is 1. The Morgan fingerprint density at radius 2 is 2.44 bits per heavy atom. The molecule has 1 aliphatic heterocycles. The van der Waals surface area contributed by atoms with Crippen LogP contribution in [0.25, 0.3) is 0 Å². The topological polar surface area (TPSA) is 46.1 Å². The van der Waals surface area contributed by atoms with Gasteiger partial charge in [0.1, 0.15) is 4.88 Å². The zero-order chi connectivity index (χ0) is 11.5. The van der Waals surface area contributed by atoms with Crippen LogP contribution in [0.3, 0.4) is 0 Å². The maximum Gasteiger partial charge on any atom is 0.267 e. The monoisotopic (exact) mass is 259 g/mol. The van der Waals surface area contributed by atoms with Gasteiger partial charge in [0.05, 0.1) is 5.69 Å². The predicted molar refractivity (Wildman–Crippen MR) is 64.0 cm³/mol. The number of alkyl halides is 1. The zero-order valence-electron chi connectivity index (χ0n) is 9.15. The van der Waals surface area contributed by atoms with E-state index >= 15 is 0 Å². The fourth-order valence-electron chi connectivity index (χ4n) is 1.99. The first-order valence-electron chi connectivity index (χ1n) is 5.40. The van der Waals surface area contributed by atoms with Crippen LogP contribution in [0.4, 0.5) is 0 Å². The molecule has 0 aromatic carbocycles. The van der Waals surface area contributed by atoms with Gasteiger partial charge in [-0.15, -0.1) is 16.7 Å². The van der Waals surface area contributed by atoms with E-state index in [0.29, 0.717) is 16.5 Å². The van der Waals surface area contributed by atoms with Crippen molar-refractivity contribution in [1.29, 1.82) is 0 Å². The summed E-state index contributed by atoms with van der Waals surface area (Å²) in [7, 11) is 0. The minimum Gasteiger partial charge on any atom is -0.334 e. The first-order valence-corrected chi connectivity index (χ1v) is 6.70. The second-order valence-corrected chi connectivity index (χ2v) is 5.05. The third-order valence-electron chi connectivity index (χ3n) is 2.91. The SMILES string of the molecule is Cc1nnsc1C(=O)N1CCCCC1CCl. The third kappa shape index (κ3) is 2.20. The van der Waals surface area contributed by atoms with Gasteiger partial charge in [-0.1, -0.05) is 4.49 Å². The number of aromatic nitrogens is 2. The molecule has 88 valence electrons. The van der Waals surface area contributed by atoms with Crippen molar-refractivity contribution in [2.75, 3.05) is 12.4 Å². The molecule has 0 aliphatic carbocycles. The number of rotatable bonds is 2. The summed E-state index contributed by atoms with van der Waals surface area (Å²) in [5.74, 6) is 0.551. The Balaban J connectivity index is 2.17. The lowest BCUT2D eigenvalue weighted by molar-refractivity contribution is 0.0643. The van der Waals surface area contributed by atoms with Gasteiger partial charge in [0, 0.05) is 18.5 Å². The van der Waals surface area contributed by atoms with Crippen LogP contribution in [-0.4, -0.2) is 38.9 Å². The van der Waals surface area contributed by atoms with Crippen LogP contribution in [0, 0.1) is 6.92 Å². The molecule has 2 rings (SSSR count). The van der Waals surface area contributed by atoms with Crippen molar-refractivity contribution in [3.05, 3.63) is 10.6 Å². The maximum absolute atomic E-state index is 12.2. The fraction of sp³-hybridized carbons (Fsp3) is 0.700. The number of halogens is 1. The van der Waals surface area contributed by atoms with Crippen LogP contribution in [0.2, 0.25) is 0 Å². The number of carbonyl (C=O) groups is 1. The molecule has 0 spiro atoms. The highest BCUT2D eigenvalue weighted by Crippen LogP contribution is 2.22. The molecule has 1 saturated heterocycles. The zero-order valence-corrected chi connectivity index (χ0v) is 10.7. The lowest BCUT2D eigenvalue weighted by Gasteiger charge is -2.34. The molecule has 0 saturated carbocycles. The Morgan fingerprint density at radius 1 is 1.62 bits per heavy atom. The van der Waals surface area contributed by atoms with E-state index in [1.54, 1.807) is 0 Å². The maximum atomic E-state index is 12.2. The fourth-order valence-corrected chi connectivity index (χ4v) is 2.92. The summed E-state index contributed by atoms with van der Waals surface area (Å²) in [6, 6.07) is 0.171. The molecule has 2 heterocycles. The molecule has 6 heteroatoms. The molecule has 0 N–H and O–H groups in total. The molecule has 4 nitrogen and oxygen atoms in total. The number of hydrogen-bond donors (Lipinski definition) is 0. The normalized spacial score (nSPS) is 21.1.